The first-order valence-electron chi connectivity index (χ1n) is 6.08. The van der Waals surface area contributed by atoms with Gasteiger partial charge in [-0.05, 0) is 38.1 Å². The van der Waals surface area contributed by atoms with Crippen LogP contribution in [0, 0.1) is 29.8 Å². The van der Waals surface area contributed by atoms with Crippen LogP contribution in [-0.2, 0) is 0 Å². The van der Waals surface area contributed by atoms with Gasteiger partial charge in [-0.3, -0.25) is 19.9 Å². The average Bonchev–Trinajstić information content (AvgIpc) is 2.41. The molecule has 1 aromatic carbocycles. The molecular formula is C14H12FN3O3. The maximum Gasteiger partial charge on any atom is 0.304 e. The Kier molecular flexibility index (Phi) is 3.93. The molecule has 0 saturated carbocycles. The monoisotopic (exact) mass is 289 g/mol. The molecule has 2 aromatic rings. The van der Waals surface area contributed by atoms with Crippen LogP contribution in [0.2, 0.25) is 0 Å². The van der Waals surface area contributed by atoms with Crippen molar-refractivity contribution in [2.45, 2.75) is 13.8 Å². The minimum atomic E-state index is -1.05. The molecule has 7 heteroatoms. The second-order valence-corrected chi connectivity index (χ2v) is 4.46. The van der Waals surface area contributed by atoms with Crippen LogP contribution in [0.4, 0.5) is 15.8 Å². The molecular weight excluding hydrogens is 277 g/mol. The number of hydrogen-bond donors (Lipinski definition) is 1. The molecule has 1 N–H and O–H groups in total. The largest absolute Gasteiger partial charge is 0.320 e. The van der Waals surface area contributed by atoms with E-state index in [4.69, 9.17) is 0 Å². The van der Waals surface area contributed by atoms with Gasteiger partial charge in [0.2, 0.25) is 5.82 Å². The van der Waals surface area contributed by atoms with Gasteiger partial charge in [0.25, 0.3) is 5.91 Å². The summed E-state index contributed by atoms with van der Waals surface area (Å²) in [4.78, 5) is 25.9. The Hall–Kier alpha value is -2.83. The average molecular weight is 289 g/mol. The van der Waals surface area contributed by atoms with Crippen LogP contribution in [0.1, 0.15) is 21.7 Å². The predicted molar refractivity (Wildman–Crippen MR) is 74.7 cm³/mol. The van der Waals surface area contributed by atoms with Crippen molar-refractivity contribution in [3.05, 3.63) is 63.2 Å². The van der Waals surface area contributed by atoms with E-state index < -0.39 is 22.3 Å². The molecule has 0 aliphatic rings. The van der Waals surface area contributed by atoms with E-state index in [1.165, 1.54) is 6.07 Å². The SMILES string of the molecule is Cc1ccc(NC(=O)c2ccc([N+](=O)[O-])c(F)c2)c(C)n1. The summed E-state index contributed by atoms with van der Waals surface area (Å²) in [7, 11) is 0. The lowest BCUT2D eigenvalue weighted by Crippen LogP contribution is -2.14. The summed E-state index contributed by atoms with van der Waals surface area (Å²) >= 11 is 0. The number of benzene rings is 1. The zero-order chi connectivity index (χ0) is 15.6. The summed E-state index contributed by atoms with van der Waals surface area (Å²) in [5.74, 6) is -1.61. The second-order valence-electron chi connectivity index (χ2n) is 4.46. The zero-order valence-electron chi connectivity index (χ0n) is 11.4. The highest BCUT2D eigenvalue weighted by molar-refractivity contribution is 6.04. The lowest BCUT2D eigenvalue weighted by Gasteiger charge is -2.08. The molecule has 2 rings (SSSR count). The summed E-state index contributed by atoms with van der Waals surface area (Å²) in [6.45, 7) is 3.56. The fraction of sp³-hybridized carbons (Fsp3) is 0.143. The maximum absolute atomic E-state index is 13.5. The summed E-state index contributed by atoms with van der Waals surface area (Å²) < 4.78 is 13.5. The van der Waals surface area contributed by atoms with E-state index >= 15 is 0 Å². The Labute approximate surface area is 119 Å². The van der Waals surface area contributed by atoms with Gasteiger partial charge in [0.15, 0.2) is 0 Å². The zero-order valence-corrected chi connectivity index (χ0v) is 11.4. The fourth-order valence-electron chi connectivity index (χ4n) is 1.81. The topological polar surface area (TPSA) is 85.1 Å². The number of aryl methyl sites for hydroxylation is 2. The third-order valence-corrected chi connectivity index (χ3v) is 2.88. The van der Waals surface area contributed by atoms with E-state index in [0.717, 1.165) is 17.8 Å². The number of aromatic nitrogens is 1. The van der Waals surface area contributed by atoms with Crippen LogP contribution < -0.4 is 5.32 Å². The molecule has 0 fully saturated rings. The molecule has 0 atom stereocenters. The molecule has 0 unspecified atom stereocenters. The van der Waals surface area contributed by atoms with Gasteiger partial charge >= 0.3 is 5.69 Å². The molecule has 0 bridgehead atoms. The quantitative estimate of drug-likeness (QED) is 0.695. The number of pyridine rings is 1. The van der Waals surface area contributed by atoms with E-state index in [0.29, 0.717) is 11.4 Å². The third-order valence-electron chi connectivity index (χ3n) is 2.88. The summed E-state index contributed by atoms with van der Waals surface area (Å²) in [6.07, 6.45) is 0. The Morgan fingerprint density at radius 2 is 2.00 bits per heavy atom. The van der Waals surface area contributed by atoms with E-state index in [9.17, 15) is 19.3 Å². The smallest absolute Gasteiger partial charge is 0.304 e. The number of nitrogens with zero attached hydrogens (tertiary/aromatic N) is 2. The standard InChI is InChI=1S/C14H12FN3O3/c1-8-3-5-12(9(2)16-8)17-14(19)10-4-6-13(18(20)21)11(15)7-10/h3-7H,1-2H3,(H,17,19). The van der Waals surface area contributed by atoms with E-state index in [1.807, 2.05) is 6.92 Å². The molecule has 0 aliphatic heterocycles. The molecule has 0 radical (unpaired) electrons. The van der Waals surface area contributed by atoms with Crippen LogP contribution in [0.25, 0.3) is 0 Å². The number of nitro benzene ring substituents is 1. The van der Waals surface area contributed by atoms with Gasteiger partial charge < -0.3 is 5.32 Å². The van der Waals surface area contributed by atoms with Crippen LogP contribution in [0.15, 0.2) is 30.3 Å². The van der Waals surface area contributed by atoms with Crippen LogP contribution in [0.5, 0.6) is 0 Å². The predicted octanol–water partition coefficient (Wildman–Crippen LogP) is 3.00. The van der Waals surface area contributed by atoms with Crippen molar-refractivity contribution in [1.29, 1.82) is 0 Å². The molecule has 1 amide bonds. The van der Waals surface area contributed by atoms with Crippen molar-refractivity contribution < 1.29 is 14.1 Å². The minimum Gasteiger partial charge on any atom is -0.320 e. The normalized spacial score (nSPS) is 10.2. The molecule has 21 heavy (non-hydrogen) atoms. The van der Waals surface area contributed by atoms with Crippen LogP contribution in [-0.4, -0.2) is 15.8 Å². The lowest BCUT2D eigenvalue weighted by atomic mass is 10.1. The number of halogens is 1. The van der Waals surface area contributed by atoms with Crippen LogP contribution in [0.3, 0.4) is 0 Å². The van der Waals surface area contributed by atoms with Crippen LogP contribution >= 0.6 is 0 Å². The number of carbonyl (C=O) groups is 1. The van der Waals surface area contributed by atoms with Crippen molar-refractivity contribution in [2.75, 3.05) is 5.32 Å². The first-order chi connectivity index (χ1) is 9.88. The number of hydrogen-bond acceptors (Lipinski definition) is 4. The highest BCUT2D eigenvalue weighted by Gasteiger charge is 2.17. The highest BCUT2D eigenvalue weighted by atomic mass is 19.1. The number of nitro groups is 1. The number of anilines is 1. The maximum atomic E-state index is 13.5. The molecule has 108 valence electrons. The first kappa shape index (κ1) is 14.6. The Morgan fingerprint density at radius 1 is 1.29 bits per heavy atom. The van der Waals surface area contributed by atoms with Gasteiger partial charge in [0.1, 0.15) is 0 Å². The minimum absolute atomic E-state index is 0.00178. The van der Waals surface area contributed by atoms with Gasteiger partial charge in [-0.2, -0.15) is 4.39 Å². The molecule has 6 nitrogen and oxygen atoms in total. The summed E-state index contributed by atoms with van der Waals surface area (Å²) in [6, 6.07) is 6.43. The third kappa shape index (κ3) is 3.19. The van der Waals surface area contributed by atoms with E-state index in [1.54, 1.807) is 19.1 Å². The summed E-state index contributed by atoms with van der Waals surface area (Å²) in [5.41, 5.74) is 1.28. The van der Waals surface area contributed by atoms with Gasteiger partial charge in [-0.15, -0.1) is 0 Å². The van der Waals surface area contributed by atoms with Crippen molar-refractivity contribution in [3.8, 4) is 0 Å². The summed E-state index contributed by atoms with van der Waals surface area (Å²) in [5, 5.41) is 13.1. The highest BCUT2D eigenvalue weighted by Crippen LogP contribution is 2.19. The van der Waals surface area contributed by atoms with Gasteiger partial charge in [0, 0.05) is 17.3 Å². The Balaban J connectivity index is 2.24. The van der Waals surface area contributed by atoms with E-state index in [2.05, 4.69) is 10.3 Å². The molecule has 0 aliphatic carbocycles. The first-order valence-corrected chi connectivity index (χ1v) is 6.08. The Bertz CT molecular complexity index is 731. The van der Waals surface area contributed by atoms with Gasteiger partial charge in [-0.1, -0.05) is 0 Å². The lowest BCUT2D eigenvalue weighted by molar-refractivity contribution is -0.387. The Morgan fingerprint density at radius 3 is 2.57 bits per heavy atom. The number of amides is 1. The van der Waals surface area contributed by atoms with Crippen molar-refractivity contribution in [3.63, 3.8) is 0 Å². The van der Waals surface area contributed by atoms with Crippen molar-refractivity contribution in [2.24, 2.45) is 0 Å². The molecule has 1 aromatic heterocycles. The molecule has 0 spiro atoms. The van der Waals surface area contributed by atoms with Crippen molar-refractivity contribution >= 4 is 17.3 Å². The van der Waals surface area contributed by atoms with E-state index in [-0.39, 0.29) is 5.56 Å². The van der Waals surface area contributed by atoms with Gasteiger partial charge in [-0.25, -0.2) is 0 Å². The number of carbonyl (C=O) groups excluding carboxylic acids is 1. The molecule has 1 heterocycles. The molecule has 0 saturated heterocycles. The van der Waals surface area contributed by atoms with Gasteiger partial charge in [0.05, 0.1) is 16.3 Å². The van der Waals surface area contributed by atoms with Crippen molar-refractivity contribution in [1.82, 2.24) is 4.98 Å². The number of nitrogens with one attached hydrogen (secondary N) is 1. The fourth-order valence-corrected chi connectivity index (χ4v) is 1.81. The second kappa shape index (κ2) is 5.66. The number of rotatable bonds is 3.